The van der Waals surface area contributed by atoms with E-state index < -0.39 is 18.2 Å². The van der Waals surface area contributed by atoms with Gasteiger partial charge in [-0.1, -0.05) is 46.9 Å². The van der Waals surface area contributed by atoms with E-state index in [-0.39, 0.29) is 19.0 Å². The van der Waals surface area contributed by atoms with Gasteiger partial charge in [0.25, 0.3) is 5.91 Å². The Bertz CT molecular complexity index is 1120. The Morgan fingerprint density at radius 3 is 2.55 bits per heavy atom. The number of benzene rings is 2. The molecule has 0 saturated carbocycles. The number of nitrogens with zero attached hydrogens (tertiary/aromatic N) is 5. The number of β-amino-alcohol motifs (C(OH)–C–C–N with tert-alkyl or cyclic N) is 1. The summed E-state index contributed by atoms with van der Waals surface area (Å²) in [5.74, 6) is 0.596. The number of likely N-dealkylation sites (N-methyl/N-ethyl adjacent to an activating group) is 1. The van der Waals surface area contributed by atoms with E-state index in [4.69, 9.17) is 11.6 Å². The highest BCUT2D eigenvalue weighted by molar-refractivity contribution is 6.30. The predicted octanol–water partition coefficient (Wildman–Crippen LogP) is 1.76. The lowest BCUT2D eigenvalue weighted by Crippen LogP contribution is -2.63. The van der Waals surface area contributed by atoms with Crippen molar-refractivity contribution in [3.63, 3.8) is 0 Å². The van der Waals surface area contributed by atoms with Gasteiger partial charge in [-0.2, -0.15) is 0 Å². The van der Waals surface area contributed by atoms with Crippen LogP contribution in [0.15, 0.2) is 59.6 Å². The molecule has 3 amide bonds. The van der Waals surface area contributed by atoms with Crippen LogP contribution in [0.4, 0.5) is 10.5 Å². The third-order valence-electron chi connectivity index (χ3n) is 5.75. The molecule has 5 rings (SSSR count). The van der Waals surface area contributed by atoms with Gasteiger partial charge in [0, 0.05) is 12.1 Å². The molecular formula is C22H21ClN5O3+. The zero-order valence-corrected chi connectivity index (χ0v) is 17.6. The maximum atomic E-state index is 13.5. The number of imide groups is 1. The Labute approximate surface area is 184 Å². The number of fused-ring (bicyclic) bond motifs is 2. The number of guanidine groups is 1. The molecule has 2 atom stereocenters. The van der Waals surface area contributed by atoms with Crippen LogP contribution in [0.3, 0.4) is 0 Å². The number of aliphatic imine (C=N–C) groups is 1. The molecule has 0 spiro atoms. The largest absolute Gasteiger partial charge is 0.397 e. The number of para-hydroxylation sites is 1. The summed E-state index contributed by atoms with van der Waals surface area (Å²) < 4.78 is 1.79. The van der Waals surface area contributed by atoms with Crippen molar-refractivity contribution in [2.75, 3.05) is 25.0 Å². The Kier molecular flexibility index (Phi) is 4.75. The smallest absolute Gasteiger partial charge is 0.386 e. The molecule has 9 heteroatoms. The van der Waals surface area contributed by atoms with Gasteiger partial charge >= 0.3 is 12.0 Å². The van der Waals surface area contributed by atoms with Crippen LogP contribution in [0, 0.1) is 0 Å². The first-order valence-electron chi connectivity index (χ1n) is 10.0. The second-order valence-electron chi connectivity index (χ2n) is 7.82. The summed E-state index contributed by atoms with van der Waals surface area (Å²) in [6.45, 7) is 0.760. The molecule has 158 valence electrons. The molecule has 2 aromatic carbocycles. The number of hydrogen-bond acceptors (Lipinski definition) is 5. The molecule has 3 heterocycles. The average Bonchev–Trinajstić information content (AvgIpc) is 3.16. The van der Waals surface area contributed by atoms with Crippen LogP contribution in [0.2, 0.25) is 5.02 Å². The normalized spacial score (nSPS) is 23.2. The molecule has 2 unspecified atom stereocenters. The minimum atomic E-state index is -0.758. The zero-order chi connectivity index (χ0) is 21.7. The number of amides is 3. The number of halogens is 1. The molecule has 0 aromatic heterocycles. The van der Waals surface area contributed by atoms with Crippen LogP contribution < -0.4 is 4.90 Å². The molecule has 8 nitrogen and oxygen atoms in total. The van der Waals surface area contributed by atoms with Gasteiger partial charge in [-0.3, -0.25) is 14.6 Å². The van der Waals surface area contributed by atoms with Crippen LogP contribution in [-0.2, 0) is 11.3 Å². The van der Waals surface area contributed by atoms with E-state index in [1.165, 1.54) is 9.80 Å². The standard InChI is InChI=1S/C22H21ClN5O3/c1-25-19-18(20(30)28(22(25)31)11-14-7-9-15(23)10-8-14)27-13-17(29)12-26(21(27)24-19)16-5-3-2-4-6-16/h2-10,17-18,29H,11-13H2,1H3/q+1. The van der Waals surface area contributed by atoms with Crippen molar-refractivity contribution in [1.29, 1.82) is 0 Å². The summed E-state index contributed by atoms with van der Waals surface area (Å²) in [7, 11) is 1.62. The van der Waals surface area contributed by atoms with Gasteiger partial charge in [-0.05, 0) is 29.8 Å². The SMILES string of the molecule is CN1C(=O)N(Cc2ccc(Cl)cc2)C(=O)C2C1=NC1=[N+]2CC(O)CN1c1ccccc1. The summed E-state index contributed by atoms with van der Waals surface area (Å²) in [6.07, 6.45) is -0.668. The second-order valence-corrected chi connectivity index (χ2v) is 8.25. The fourth-order valence-electron chi connectivity index (χ4n) is 4.23. The maximum Gasteiger partial charge on any atom is 0.397 e. The molecule has 1 saturated heterocycles. The van der Waals surface area contributed by atoms with Crippen LogP contribution in [0.1, 0.15) is 5.56 Å². The van der Waals surface area contributed by atoms with Crippen molar-refractivity contribution < 1.29 is 19.3 Å². The van der Waals surface area contributed by atoms with E-state index >= 15 is 0 Å². The lowest BCUT2D eigenvalue weighted by Gasteiger charge is -2.35. The fraction of sp³-hybridized carbons (Fsp3) is 0.273. The summed E-state index contributed by atoms with van der Waals surface area (Å²) in [5, 5.41) is 11.1. The molecule has 0 bridgehead atoms. The minimum Gasteiger partial charge on any atom is -0.386 e. The summed E-state index contributed by atoms with van der Waals surface area (Å²) in [5.41, 5.74) is 1.66. The van der Waals surface area contributed by atoms with E-state index in [1.54, 1.807) is 35.9 Å². The van der Waals surface area contributed by atoms with Gasteiger partial charge in [0.05, 0.1) is 13.1 Å². The predicted molar refractivity (Wildman–Crippen MR) is 116 cm³/mol. The topological polar surface area (TPSA) is 79.5 Å². The van der Waals surface area contributed by atoms with Crippen molar-refractivity contribution in [3.8, 4) is 0 Å². The van der Waals surface area contributed by atoms with E-state index in [0.717, 1.165) is 11.3 Å². The Morgan fingerprint density at radius 1 is 1.13 bits per heavy atom. The Hall–Kier alpha value is -3.23. The third-order valence-corrected chi connectivity index (χ3v) is 6.01. The van der Waals surface area contributed by atoms with Gasteiger partial charge in [-0.15, -0.1) is 0 Å². The highest BCUT2D eigenvalue weighted by atomic mass is 35.5. The summed E-state index contributed by atoms with van der Waals surface area (Å²) >= 11 is 5.95. The van der Waals surface area contributed by atoms with Crippen molar-refractivity contribution in [2.24, 2.45) is 4.99 Å². The van der Waals surface area contributed by atoms with Crippen molar-refractivity contribution in [3.05, 3.63) is 65.2 Å². The molecule has 2 aromatic rings. The lowest BCUT2D eigenvalue weighted by atomic mass is 10.1. The van der Waals surface area contributed by atoms with E-state index in [1.807, 2.05) is 35.2 Å². The first-order chi connectivity index (χ1) is 14.9. The number of urea groups is 1. The molecule has 0 radical (unpaired) electrons. The van der Waals surface area contributed by atoms with Gasteiger partial charge < -0.3 is 5.11 Å². The summed E-state index contributed by atoms with van der Waals surface area (Å²) in [6, 6.07) is 15.4. The van der Waals surface area contributed by atoms with Crippen molar-refractivity contribution in [2.45, 2.75) is 18.7 Å². The molecule has 1 fully saturated rings. The first-order valence-corrected chi connectivity index (χ1v) is 10.4. The third kappa shape index (κ3) is 3.28. The lowest BCUT2D eigenvalue weighted by molar-refractivity contribution is -0.547. The van der Waals surface area contributed by atoms with Crippen LogP contribution >= 0.6 is 11.6 Å². The average molecular weight is 439 g/mol. The Morgan fingerprint density at radius 2 is 1.84 bits per heavy atom. The number of hydrogen-bond donors (Lipinski definition) is 1. The maximum absolute atomic E-state index is 13.5. The highest BCUT2D eigenvalue weighted by Crippen LogP contribution is 2.27. The number of aliphatic hydroxyl groups is 1. The van der Waals surface area contributed by atoms with Crippen molar-refractivity contribution >= 4 is 41.0 Å². The zero-order valence-electron chi connectivity index (χ0n) is 16.8. The molecular weight excluding hydrogens is 418 g/mol. The monoisotopic (exact) mass is 438 g/mol. The highest BCUT2D eigenvalue weighted by Gasteiger charge is 2.55. The van der Waals surface area contributed by atoms with Gasteiger partial charge in [0.2, 0.25) is 11.9 Å². The van der Waals surface area contributed by atoms with Gasteiger partial charge in [-0.25, -0.2) is 14.3 Å². The minimum absolute atomic E-state index is 0.136. The molecule has 1 N–H and O–H groups in total. The van der Waals surface area contributed by atoms with Crippen LogP contribution in [-0.4, -0.2) is 75.5 Å². The number of amidine groups is 1. The van der Waals surface area contributed by atoms with E-state index in [0.29, 0.717) is 23.4 Å². The summed E-state index contributed by atoms with van der Waals surface area (Å²) in [4.78, 5) is 35.7. The number of rotatable bonds is 3. The van der Waals surface area contributed by atoms with Crippen molar-refractivity contribution in [1.82, 2.24) is 9.80 Å². The van der Waals surface area contributed by atoms with E-state index in [9.17, 15) is 14.7 Å². The number of anilines is 1. The molecule has 0 aliphatic carbocycles. The van der Waals surface area contributed by atoms with Crippen LogP contribution in [0.25, 0.3) is 0 Å². The number of carbonyl (C=O) groups is 2. The molecule has 31 heavy (non-hydrogen) atoms. The number of aliphatic hydroxyl groups excluding tert-OH is 1. The fourth-order valence-corrected chi connectivity index (χ4v) is 4.36. The van der Waals surface area contributed by atoms with Gasteiger partial charge in [0.15, 0.2) is 0 Å². The van der Waals surface area contributed by atoms with Crippen LogP contribution in [0.5, 0.6) is 0 Å². The molecule has 3 aliphatic heterocycles. The molecule has 3 aliphatic rings. The second kappa shape index (κ2) is 7.47. The quantitative estimate of drug-likeness (QED) is 0.741. The van der Waals surface area contributed by atoms with Gasteiger partial charge in [0.1, 0.15) is 18.3 Å². The Balaban J connectivity index is 1.52. The first kappa shape index (κ1) is 19.7. The van der Waals surface area contributed by atoms with E-state index in [2.05, 4.69) is 4.99 Å². The number of carbonyl (C=O) groups excluding carboxylic acids is 2.